The number of aliphatic carboxylic acids is 1. The standard InChI is InChI=1S/C10H16O3/c11-10(12)8-3-1-7(2-4-8)9-5-13-6-9/h7-9H,1-6H2,(H,11,12). The van der Waals surface area contributed by atoms with Crippen LogP contribution in [0.1, 0.15) is 25.7 Å². The molecule has 0 bridgehead atoms. The first-order valence-corrected chi connectivity index (χ1v) is 5.08. The van der Waals surface area contributed by atoms with Gasteiger partial charge >= 0.3 is 5.97 Å². The van der Waals surface area contributed by atoms with Crippen LogP contribution in [0.3, 0.4) is 0 Å². The first-order valence-electron chi connectivity index (χ1n) is 5.08. The summed E-state index contributed by atoms with van der Waals surface area (Å²) < 4.78 is 5.15. The van der Waals surface area contributed by atoms with Crippen molar-refractivity contribution in [2.24, 2.45) is 17.8 Å². The van der Waals surface area contributed by atoms with Crippen molar-refractivity contribution < 1.29 is 14.6 Å². The van der Waals surface area contributed by atoms with Gasteiger partial charge in [-0.3, -0.25) is 4.79 Å². The van der Waals surface area contributed by atoms with E-state index in [4.69, 9.17) is 9.84 Å². The smallest absolute Gasteiger partial charge is 0.306 e. The molecule has 0 aromatic heterocycles. The third-order valence-electron chi connectivity index (χ3n) is 3.45. The first-order chi connectivity index (χ1) is 6.27. The average molecular weight is 184 g/mol. The highest BCUT2D eigenvalue weighted by Crippen LogP contribution is 2.36. The lowest BCUT2D eigenvalue weighted by molar-refractivity contribution is -0.144. The molecule has 1 saturated carbocycles. The molecule has 1 N–H and O–H groups in total. The Morgan fingerprint density at radius 3 is 2.08 bits per heavy atom. The maximum absolute atomic E-state index is 10.7. The molecule has 3 heteroatoms. The van der Waals surface area contributed by atoms with Crippen LogP contribution in [0.25, 0.3) is 0 Å². The second-order valence-corrected chi connectivity index (χ2v) is 4.25. The largest absolute Gasteiger partial charge is 0.481 e. The maximum atomic E-state index is 10.7. The van der Waals surface area contributed by atoms with E-state index in [0.29, 0.717) is 0 Å². The zero-order chi connectivity index (χ0) is 9.26. The van der Waals surface area contributed by atoms with Crippen LogP contribution in [0.5, 0.6) is 0 Å². The predicted molar refractivity (Wildman–Crippen MR) is 47.4 cm³/mol. The second kappa shape index (κ2) is 3.66. The summed E-state index contributed by atoms with van der Waals surface area (Å²) in [7, 11) is 0. The summed E-state index contributed by atoms with van der Waals surface area (Å²) >= 11 is 0. The maximum Gasteiger partial charge on any atom is 0.306 e. The molecule has 0 unspecified atom stereocenters. The van der Waals surface area contributed by atoms with Crippen LogP contribution in [0, 0.1) is 17.8 Å². The molecule has 1 heterocycles. The molecule has 0 amide bonds. The van der Waals surface area contributed by atoms with Crippen molar-refractivity contribution in [1.82, 2.24) is 0 Å². The fourth-order valence-corrected chi connectivity index (χ4v) is 2.36. The predicted octanol–water partition coefficient (Wildman–Crippen LogP) is 1.52. The summed E-state index contributed by atoms with van der Waals surface area (Å²) in [5.74, 6) is 0.791. The molecule has 2 fully saturated rings. The highest BCUT2D eigenvalue weighted by molar-refractivity contribution is 5.69. The molecule has 2 rings (SSSR count). The van der Waals surface area contributed by atoms with E-state index in [1.807, 2.05) is 0 Å². The molecule has 1 aliphatic heterocycles. The van der Waals surface area contributed by atoms with Gasteiger partial charge in [0.05, 0.1) is 19.1 Å². The molecule has 0 atom stereocenters. The van der Waals surface area contributed by atoms with E-state index in [-0.39, 0.29) is 5.92 Å². The molecule has 1 aliphatic carbocycles. The van der Waals surface area contributed by atoms with Gasteiger partial charge < -0.3 is 9.84 Å². The van der Waals surface area contributed by atoms with E-state index in [1.54, 1.807) is 0 Å². The molecular formula is C10H16O3. The second-order valence-electron chi connectivity index (χ2n) is 4.25. The number of hydrogen-bond donors (Lipinski definition) is 1. The van der Waals surface area contributed by atoms with Gasteiger partial charge in [-0.05, 0) is 31.6 Å². The van der Waals surface area contributed by atoms with Crippen LogP contribution < -0.4 is 0 Å². The van der Waals surface area contributed by atoms with Crippen molar-refractivity contribution in [2.45, 2.75) is 25.7 Å². The normalized spacial score (nSPS) is 35.4. The molecule has 0 radical (unpaired) electrons. The first kappa shape index (κ1) is 9.00. The van der Waals surface area contributed by atoms with Gasteiger partial charge in [-0.2, -0.15) is 0 Å². The summed E-state index contributed by atoms with van der Waals surface area (Å²) in [6, 6.07) is 0. The van der Waals surface area contributed by atoms with Crippen molar-refractivity contribution in [1.29, 1.82) is 0 Å². The van der Waals surface area contributed by atoms with Crippen LogP contribution in [0.4, 0.5) is 0 Å². The van der Waals surface area contributed by atoms with E-state index in [9.17, 15) is 4.79 Å². The van der Waals surface area contributed by atoms with Crippen molar-refractivity contribution in [2.75, 3.05) is 13.2 Å². The summed E-state index contributed by atoms with van der Waals surface area (Å²) in [6.45, 7) is 1.81. The van der Waals surface area contributed by atoms with Gasteiger partial charge in [0, 0.05) is 5.92 Å². The van der Waals surface area contributed by atoms with E-state index in [2.05, 4.69) is 0 Å². The molecule has 74 valence electrons. The third-order valence-corrected chi connectivity index (χ3v) is 3.45. The molecule has 3 nitrogen and oxygen atoms in total. The van der Waals surface area contributed by atoms with E-state index in [1.165, 1.54) is 0 Å². The quantitative estimate of drug-likeness (QED) is 0.707. The van der Waals surface area contributed by atoms with Gasteiger partial charge in [0.15, 0.2) is 0 Å². The Kier molecular flexibility index (Phi) is 2.54. The van der Waals surface area contributed by atoms with Crippen LogP contribution in [0.2, 0.25) is 0 Å². The van der Waals surface area contributed by atoms with Crippen LogP contribution in [-0.4, -0.2) is 24.3 Å². The zero-order valence-electron chi connectivity index (χ0n) is 7.74. The summed E-state index contributed by atoms with van der Waals surface area (Å²) in [5, 5.41) is 8.81. The monoisotopic (exact) mass is 184 g/mol. The third kappa shape index (κ3) is 1.85. The molecule has 0 aromatic rings. The van der Waals surface area contributed by atoms with Gasteiger partial charge in [0.25, 0.3) is 0 Å². The van der Waals surface area contributed by atoms with E-state index in [0.717, 1.165) is 50.7 Å². The van der Waals surface area contributed by atoms with Gasteiger partial charge in [-0.1, -0.05) is 0 Å². The number of ether oxygens (including phenoxy) is 1. The van der Waals surface area contributed by atoms with Gasteiger partial charge in [0.1, 0.15) is 0 Å². The number of carbonyl (C=O) groups is 1. The summed E-state index contributed by atoms with van der Waals surface area (Å²) in [5.41, 5.74) is 0. The number of hydrogen-bond acceptors (Lipinski definition) is 2. The van der Waals surface area contributed by atoms with Gasteiger partial charge in [0.2, 0.25) is 0 Å². The molecule has 0 spiro atoms. The molecular weight excluding hydrogens is 168 g/mol. The van der Waals surface area contributed by atoms with Crippen molar-refractivity contribution in [3.63, 3.8) is 0 Å². The average Bonchev–Trinajstić information content (AvgIpc) is 2.02. The number of carboxylic acids is 1. The minimum atomic E-state index is -0.608. The fourth-order valence-electron chi connectivity index (χ4n) is 2.36. The molecule has 0 aromatic carbocycles. The van der Waals surface area contributed by atoms with Crippen LogP contribution >= 0.6 is 0 Å². The minimum absolute atomic E-state index is 0.0720. The Morgan fingerprint density at radius 2 is 1.69 bits per heavy atom. The fraction of sp³-hybridized carbons (Fsp3) is 0.900. The zero-order valence-corrected chi connectivity index (χ0v) is 7.74. The molecule has 1 saturated heterocycles. The molecule has 13 heavy (non-hydrogen) atoms. The van der Waals surface area contributed by atoms with E-state index < -0.39 is 5.97 Å². The lowest BCUT2D eigenvalue weighted by atomic mass is 9.75. The van der Waals surface area contributed by atoms with Crippen molar-refractivity contribution >= 4 is 5.97 Å². The Bertz CT molecular complexity index is 190. The SMILES string of the molecule is O=C(O)C1CCC(C2COC2)CC1. The van der Waals surface area contributed by atoms with Crippen molar-refractivity contribution in [3.8, 4) is 0 Å². The number of rotatable bonds is 2. The lowest BCUT2D eigenvalue weighted by Crippen LogP contribution is -2.37. The Hall–Kier alpha value is -0.570. The van der Waals surface area contributed by atoms with Gasteiger partial charge in [-0.15, -0.1) is 0 Å². The van der Waals surface area contributed by atoms with Crippen molar-refractivity contribution in [3.05, 3.63) is 0 Å². The van der Waals surface area contributed by atoms with Gasteiger partial charge in [-0.25, -0.2) is 0 Å². The Balaban J connectivity index is 1.78. The number of carboxylic acid groups (broad SMARTS) is 1. The summed E-state index contributed by atoms with van der Waals surface area (Å²) in [6.07, 6.45) is 3.92. The van der Waals surface area contributed by atoms with Crippen LogP contribution in [-0.2, 0) is 9.53 Å². The highest BCUT2D eigenvalue weighted by Gasteiger charge is 2.33. The Labute approximate surface area is 78.1 Å². The van der Waals surface area contributed by atoms with E-state index >= 15 is 0 Å². The lowest BCUT2D eigenvalue weighted by Gasteiger charge is -2.37. The Morgan fingerprint density at radius 1 is 1.08 bits per heavy atom. The molecule has 2 aliphatic rings. The highest BCUT2D eigenvalue weighted by atomic mass is 16.5. The topological polar surface area (TPSA) is 46.5 Å². The van der Waals surface area contributed by atoms with Crippen LogP contribution in [0.15, 0.2) is 0 Å². The minimum Gasteiger partial charge on any atom is -0.481 e. The summed E-state index contributed by atoms with van der Waals surface area (Å²) in [4.78, 5) is 10.7.